The fraction of sp³-hybridized carbons (Fsp3) is 0.500. The Morgan fingerprint density at radius 1 is 1.35 bits per heavy atom. The van der Waals surface area contributed by atoms with Crippen molar-refractivity contribution in [1.29, 1.82) is 0 Å². The highest BCUT2D eigenvalue weighted by atomic mass is 16.2. The quantitative estimate of drug-likeness (QED) is 0.824. The Hall–Kier alpha value is -2.71. The van der Waals surface area contributed by atoms with Crippen LogP contribution >= 0.6 is 0 Å². The number of anilines is 2. The molecule has 122 valence electrons. The molecule has 9 nitrogen and oxygen atoms in total. The molecule has 1 atom stereocenters. The number of tetrazole rings is 1. The minimum absolute atomic E-state index is 0.0482. The molecule has 0 spiro atoms. The molecule has 1 fully saturated rings. The second kappa shape index (κ2) is 7.03. The SMILES string of the molecule is Nc1ccc(N[C@H]2CCCN(C(=O)Cn3cnnn3)CC2)cn1. The Morgan fingerprint density at radius 3 is 3.00 bits per heavy atom. The first kappa shape index (κ1) is 15.2. The van der Waals surface area contributed by atoms with Gasteiger partial charge in [-0.05, 0) is 41.8 Å². The number of carbonyl (C=O) groups is 1. The summed E-state index contributed by atoms with van der Waals surface area (Å²) in [4.78, 5) is 18.2. The molecule has 0 aliphatic carbocycles. The summed E-state index contributed by atoms with van der Waals surface area (Å²) < 4.78 is 1.45. The number of likely N-dealkylation sites (tertiary alicyclic amines) is 1. The van der Waals surface area contributed by atoms with Crippen LogP contribution in [0.3, 0.4) is 0 Å². The zero-order valence-corrected chi connectivity index (χ0v) is 12.8. The van der Waals surface area contributed by atoms with E-state index in [4.69, 9.17) is 5.73 Å². The van der Waals surface area contributed by atoms with E-state index >= 15 is 0 Å². The molecule has 2 aromatic heterocycles. The largest absolute Gasteiger partial charge is 0.384 e. The third-order valence-electron chi connectivity index (χ3n) is 3.93. The topological polar surface area (TPSA) is 115 Å². The summed E-state index contributed by atoms with van der Waals surface area (Å²) in [6.45, 7) is 1.67. The summed E-state index contributed by atoms with van der Waals surface area (Å²) in [5, 5.41) is 14.3. The lowest BCUT2D eigenvalue weighted by Gasteiger charge is -2.21. The highest BCUT2D eigenvalue weighted by Crippen LogP contribution is 2.17. The minimum Gasteiger partial charge on any atom is -0.384 e. The van der Waals surface area contributed by atoms with Crippen LogP contribution in [0.1, 0.15) is 19.3 Å². The van der Waals surface area contributed by atoms with Crippen LogP contribution in [-0.4, -0.2) is 55.1 Å². The van der Waals surface area contributed by atoms with E-state index in [0.717, 1.165) is 38.0 Å². The summed E-state index contributed by atoms with van der Waals surface area (Å²) >= 11 is 0. The molecule has 1 amide bonds. The van der Waals surface area contributed by atoms with Crippen molar-refractivity contribution in [3.63, 3.8) is 0 Å². The molecule has 3 rings (SSSR count). The van der Waals surface area contributed by atoms with Crippen molar-refractivity contribution in [3.05, 3.63) is 24.7 Å². The molecular formula is C14H20N8O. The maximum atomic E-state index is 12.3. The molecule has 0 aromatic carbocycles. The lowest BCUT2D eigenvalue weighted by Crippen LogP contribution is -2.35. The lowest BCUT2D eigenvalue weighted by molar-refractivity contribution is -0.132. The van der Waals surface area contributed by atoms with Gasteiger partial charge in [0.1, 0.15) is 18.7 Å². The maximum absolute atomic E-state index is 12.3. The van der Waals surface area contributed by atoms with Crippen LogP contribution in [0, 0.1) is 0 Å². The summed E-state index contributed by atoms with van der Waals surface area (Å²) in [5.74, 6) is 0.558. The molecule has 1 aliphatic rings. The minimum atomic E-state index is 0.0482. The Kier molecular flexibility index (Phi) is 4.65. The van der Waals surface area contributed by atoms with E-state index in [1.54, 1.807) is 12.3 Å². The highest BCUT2D eigenvalue weighted by Gasteiger charge is 2.21. The monoisotopic (exact) mass is 316 g/mol. The third-order valence-corrected chi connectivity index (χ3v) is 3.93. The Labute approximate surface area is 133 Å². The Balaban J connectivity index is 1.52. The second-order valence-corrected chi connectivity index (χ2v) is 5.63. The van der Waals surface area contributed by atoms with E-state index in [0.29, 0.717) is 11.9 Å². The Morgan fingerprint density at radius 2 is 2.26 bits per heavy atom. The van der Waals surface area contributed by atoms with Crippen LogP contribution in [0.5, 0.6) is 0 Å². The molecule has 3 N–H and O–H groups in total. The van der Waals surface area contributed by atoms with Gasteiger partial charge in [0.15, 0.2) is 0 Å². The lowest BCUT2D eigenvalue weighted by atomic mass is 10.1. The molecule has 0 unspecified atom stereocenters. The van der Waals surface area contributed by atoms with Crippen LogP contribution in [0.2, 0.25) is 0 Å². The summed E-state index contributed by atoms with van der Waals surface area (Å²) in [5.41, 5.74) is 6.55. The van der Waals surface area contributed by atoms with Crippen LogP contribution < -0.4 is 11.1 Å². The van der Waals surface area contributed by atoms with Gasteiger partial charge in [-0.2, -0.15) is 0 Å². The van der Waals surface area contributed by atoms with Gasteiger partial charge in [-0.25, -0.2) is 9.67 Å². The summed E-state index contributed by atoms with van der Waals surface area (Å²) in [6, 6.07) is 4.03. The number of nitrogens with two attached hydrogens (primary N) is 1. The molecule has 0 bridgehead atoms. The van der Waals surface area contributed by atoms with Crippen molar-refractivity contribution in [2.24, 2.45) is 0 Å². The second-order valence-electron chi connectivity index (χ2n) is 5.63. The zero-order chi connectivity index (χ0) is 16.1. The molecular weight excluding hydrogens is 296 g/mol. The number of nitrogens with zero attached hydrogens (tertiary/aromatic N) is 6. The van der Waals surface area contributed by atoms with Gasteiger partial charge >= 0.3 is 0 Å². The molecule has 3 heterocycles. The first-order valence-electron chi connectivity index (χ1n) is 7.67. The maximum Gasteiger partial charge on any atom is 0.244 e. The zero-order valence-electron chi connectivity index (χ0n) is 12.8. The summed E-state index contributed by atoms with van der Waals surface area (Å²) in [6.07, 6.45) is 6.06. The van der Waals surface area contributed by atoms with Gasteiger partial charge in [0.05, 0.1) is 11.9 Å². The number of carbonyl (C=O) groups excluding carboxylic acids is 1. The Bertz CT molecular complexity index is 627. The van der Waals surface area contributed by atoms with Crippen LogP contribution in [-0.2, 0) is 11.3 Å². The number of aromatic nitrogens is 5. The first-order chi connectivity index (χ1) is 11.2. The van der Waals surface area contributed by atoms with Crippen molar-refractivity contribution >= 4 is 17.4 Å². The number of nitrogen functional groups attached to an aromatic ring is 1. The van der Waals surface area contributed by atoms with E-state index in [9.17, 15) is 4.79 Å². The van der Waals surface area contributed by atoms with Gasteiger partial charge in [0.2, 0.25) is 5.91 Å². The number of amides is 1. The summed E-state index contributed by atoms with van der Waals surface area (Å²) in [7, 11) is 0. The van der Waals surface area contributed by atoms with Crippen LogP contribution in [0.25, 0.3) is 0 Å². The van der Waals surface area contributed by atoms with Crippen molar-refractivity contribution in [3.8, 4) is 0 Å². The van der Waals surface area contributed by atoms with Gasteiger partial charge in [0, 0.05) is 19.1 Å². The molecule has 9 heteroatoms. The van der Waals surface area contributed by atoms with Crippen molar-refractivity contribution in [2.45, 2.75) is 31.8 Å². The molecule has 0 radical (unpaired) electrons. The predicted octanol–water partition coefficient (Wildman–Crippen LogP) is 0.143. The molecule has 0 saturated carbocycles. The number of pyridine rings is 1. The van der Waals surface area contributed by atoms with Crippen molar-refractivity contribution in [1.82, 2.24) is 30.1 Å². The number of rotatable bonds is 4. The van der Waals surface area contributed by atoms with Crippen molar-refractivity contribution in [2.75, 3.05) is 24.1 Å². The fourth-order valence-corrected chi connectivity index (χ4v) is 2.71. The molecule has 1 saturated heterocycles. The average molecular weight is 316 g/mol. The average Bonchev–Trinajstić information content (AvgIpc) is 2.94. The predicted molar refractivity (Wildman–Crippen MR) is 84.3 cm³/mol. The fourth-order valence-electron chi connectivity index (χ4n) is 2.71. The molecule has 1 aliphatic heterocycles. The van der Waals surface area contributed by atoms with E-state index in [2.05, 4.69) is 25.8 Å². The van der Waals surface area contributed by atoms with Gasteiger partial charge < -0.3 is 16.0 Å². The van der Waals surface area contributed by atoms with Crippen molar-refractivity contribution < 1.29 is 4.79 Å². The third kappa shape index (κ3) is 4.15. The molecule has 23 heavy (non-hydrogen) atoms. The van der Waals surface area contributed by atoms with Crippen LogP contribution in [0.4, 0.5) is 11.5 Å². The number of hydrogen-bond acceptors (Lipinski definition) is 7. The van der Waals surface area contributed by atoms with Gasteiger partial charge in [-0.1, -0.05) is 0 Å². The normalized spacial score (nSPS) is 18.4. The highest BCUT2D eigenvalue weighted by molar-refractivity contribution is 5.75. The first-order valence-corrected chi connectivity index (χ1v) is 7.67. The van der Waals surface area contributed by atoms with Gasteiger partial charge in [0.25, 0.3) is 0 Å². The standard InChI is InChI=1S/C14H20N8O/c15-13-4-3-12(8-16-13)18-11-2-1-6-21(7-5-11)14(23)9-22-10-17-19-20-22/h3-4,8,10-11,18H,1-2,5-7,9H2,(H2,15,16)/t11-/m0/s1. The van der Waals surface area contributed by atoms with E-state index in [-0.39, 0.29) is 12.5 Å². The molecule has 2 aromatic rings. The number of hydrogen-bond donors (Lipinski definition) is 2. The van der Waals surface area contributed by atoms with E-state index in [1.165, 1.54) is 11.0 Å². The smallest absolute Gasteiger partial charge is 0.244 e. The van der Waals surface area contributed by atoms with Gasteiger partial charge in [-0.15, -0.1) is 5.10 Å². The number of nitrogens with one attached hydrogen (secondary N) is 1. The van der Waals surface area contributed by atoms with E-state index in [1.807, 2.05) is 11.0 Å². The van der Waals surface area contributed by atoms with E-state index < -0.39 is 0 Å². The van der Waals surface area contributed by atoms with Gasteiger partial charge in [-0.3, -0.25) is 4.79 Å². The van der Waals surface area contributed by atoms with Crippen LogP contribution in [0.15, 0.2) is 24.7 Å².